The number of carboxylic acid groups (broad SMARTS) is 1. The standard InChI is InChI=1S/C14H13BrN2O3S/c1-8(18)17-12(14(19)20)7-21-13-10-3-2-4-11(15)9(10)5-6-16-13/h2-6,12H,7H2,1H3,(H,17,18)(H,19,20). The molecular weight excluding hydrogens is 356 g/mol. The normalized spacial score (nSPS) is 12.1. The number of fused-ring (bicyclic) bond motifs is 1. The number of carbonyl (C=O) groups is 2. The lowest BCUT2D eigenvalue weighted by molar-refractivity contribution is -0.140. The van der Waals surface area contributed by atoms with Gasteiger partial charge in [-0.15, -0.1) is 11.8 Å². The number of amides is 1. The second-order valence-electron chi connectivity index (χ2n) is 4.35. The van der Waals surface area contributed by atoms with Crippen molar-refractivity contribution in [3.8, 4) is 0 Å². The van der Waals surface area contributed by atoms with Crippen LogP contribution < -0.4 is 5.32 Å². The molecule has 0 aliphatic rings. The topological polar surface area (TPSA) is 79.3 Å². The van der Waals surface area contributed by atoms with Crippen LogP contribution in [0.3, 0.4) is 0 Å². The van der Waals surface area contributed by atoms with Gasteiger partial charge in [0.15, 0.2) is 0 Å². The molecule has 1 atom stereocenters. The lowest BCUT2D eigenvalue weighted by Gasteiger charge is -2.13. The van der Waals surface area contributed by atoms with E-state index in [4.69, 9.17) is 5.11 Å². The lowest BCUT2D eigenvalue weighted by Crippen LogP contribution is -2.41. The Balaban J connectivity index is 2.22. The number of hydrogen-bond acceptors (Lipinski definition) is 4. The zero-order valence-corrected chi connectivity index (χ0v) is 13.6. The first-order valence-electron chi connectivity index (χ1n) is 6.15. The summed E-state index contributed by atoms with van der Waals surface area (Å²) in [5, 5.41) is 14.2. The van der Waals surface area contributed by atoms with Crippen molar-refractivity contribution < 1.29 is 14.7 Å². The van der Waals surface area contributed by atoms with Crippen molar-refractivity contribution >= 4 is 50.3 Å². The zero-order chi connectivity index (χ0) is 15.4. The molecule has 0 bridgehead atoms. The molecule has 0 spiro atoms. The van der Waals surface area contributed by atoms with Crippen LogP contribution in [0.25, 0.3) is 10.8 Å². The minimum Gasteiger partial charge on any atom is -0.480 e. The highest BCUT2D eigenvalue weighted by atomic mass is 79.9. The van der Waals surface area contributed by atoms with Gasteiger partial charge >= 0.3 is 5.97 Å². The van der Waals surface area contributed by atoms with E-state index in [-0.39, 0.29) is 11.7 Å². The van der Waals surface area contributed by atoms with Gasteiger partial charge in [0.1, 0.15) is 11.1 Å². The maximum absolute atomic E-state index is 11.1. The van der Waals surface area contributed by atoms with Gasteiger partial charge in [0.2, 0.25) is 5.91 Å². The molecule has 7 heteroatoms. The van der Waals surface area contributed by atoms with Crippen LogP contribution in [0, 0.1) is 0 Å². The third kappa shape index (κ3) is 3.95. The van der Waals surface area contributed by atoms with Crippen LogP contribution in [0.1, 0.15) is 6.92 Å². The number of benzene rings is 1. The smallest absolute Gasteiger partial charge is 0.327 e. The zero-order valence-electron chi connectivity index (χ0n) is 11.2. The molecule has 0 saturated heterocycles. The van der Waals surface area contributed by atoms with E-state index in [2.05, 4.69) is 26.2 Å². The van der Waals surface area contributed by atoms with Crippen LogP contribution in [0.2, 0.25) is 0 Å². The summed E-state index contributed by atoms with van der Waals surface area (Å²) in [6.45, 7) is 1.30. The number of nitrogens with zero attached hydrogens (tertiary/aromatic N) is 1. The lowest BCUT2D eigenvalue weighted by atomic mass is 10.2. The first-order chi connectivity index (χ1) is 9.99. The van der Waals surface area contributed by atoms with E-state index in [0.29, 0.717) is 0 Å². The molecule has 1 aromatic carbocycles. The second-order valence-corrected chi connectivity index (χ2v) is 6.22. The fourth-order valence-electron chi connectivity index (χ4n) is 1.84. The Morgan fingerprint density at radius 2 is 2.14 bits per heavy atom. The van der Waals surface area contributed by atoms with Gasteiger partial charge in [-0.3, -0.25) is 4.79 Å². The van der Waals surface area contributed by atoms with Gasteiger partial charge in [0, 0.05) is 34.1 Å². The van der Waals surface area contributed by atoms with E-state index in [0.717, 1.165) is 20.3 Å². The summed E-state index contributed by atoms with van der Waals surface area (Å²) in [6.07, 6.45) is 1.68. The minimum absolute atomic E-state index is 0.216. The van der Waals surface area contributed by atoms with Gasteiger partial charge in [0.25, 0.3) is 0 Å². The summed E-state index contributed by atoms with van der Waals surface area (Å²) >= 11 is 4.79. The maximum atomic E-state index is 11.1. The third-order valence-electron chi connectivity index (χ3n) is 2.78. The number of carboxylic acids is 1. The van der Waals surface area contributed by atoms with Gasteiger partial charge in [-0.25, -0.2) is 9.78 Å². The SMILES string of the molecule is CC(=O)NC(CSc1nccc2c(Br)cccc12)C(=O)O. The highest BCUT2D eigenvalue weighted by molar-refractivity contribution is 9.10. The molecule has 2 aromatic rings. The number of aromatic nitrogens is 1. The predicted molar refractivity (Wildman–Crippen MR) is 85.4 cm³/mol. The molecule has 0 saturated carbocycles. The van der Waals surface area contributed by atoms with Crippen molar-refractivity contribution in [2.24, 2.45) is 0 Å². The van der Waals surface area contributed by atoms with E-state index in [1.807, 2.05) is 24.3 Å². The number of thioether (sulfide) groups is 1. The van der Waals surface area contributed by atoms with E-state index in [1.54, 1.807) is 6.20 Å². The van der Waals surface area contributed by atoms with Crippen molar-refractivity contribution in [1.29, 1.82) is 0 Å². The Morgan fingerprint density at radius 3 is 2.81 bits per heavy atom. The minimum atomic E-state index is -1.06. The molecule has 1 heterocycles. The Hall–Kier alpha value is -1.60. The van der Waals surface area contributed by atoms with Crippen LogP contribution >= 0.6 is 27.7 Å². The van der Waals surface area contributed by atoms with Crippen LogP contribution in [0.5, 0.6) is 0 Å². The summed E-state index contributed by atoms with van der Waals surface area (Å²) in [7, 11) is 0. The highest BCUT2D eigenvalue weighted by Crippen LogP contribution is 2.30. The van der Waals surface area contributed by atoms with Gasteiger partial charge < -0.3 is 10.4 Å². The third-order valence-corrected chi connectivity index (χ3v) is 4.57. The van der Waals surface area contributed by atoms with Crippen LogP contribution in [-0.2, 0) is 9.59 Å². The van der Waals surface area contributed by atoms with Crippen LogP contribution in [0.15, 0.2) is 40.0 Å². The van der Waals surface area contributed by atoms with E-state index < -0.39 is 12.0 Å². The van der Waals surface area contributed by atoms with E-state index in [9.17, 15) is 9.59 Å². The van der Waals surface area contributed by atoms with Crippen molar-refractivity contribution in [2.45, 2.75) is 18.0 Å². The van der Waals surface area contributed by atoms with E-state index in [1.165, 1.54) is 18.7 Å². The molecule has 21 heavy (non-hydrogen) atoms. The van der Waals surface area contributed by atoms with Crippen molar-refractivity contribution in [1.82, 2.24) is 10.3 Å². The molecule has 2 rings (SSSR count). The molecule has 0 aliphatic carbocycles. The first-order valence-corrected chi connectivity index (χ1v) is 7.93. The Kier molecular flexibility index (Phi) is 5.19. The molecule has 1 unspecified atom stereocenters. The number of hydrogen-bond donors (Lipinski definition) is 2. The largest absolute Gasteiger partial charge is 0.480 e. The maximum Gasteiger partial charge on any atom is 0.327 e. The predicted octanol–water partition coefficient (Wildman–Crippen LogP) is 2.68. The van der Waals surface area contributed by atoms with Crippen molar-refractivity contribution in [2.75, 3.05) is 5.75 Å². The second kappa shape index (κ2) is 6.91. The molecule has 1 aromatic heterocycles. The molecule has 1 amide bonds. The summed E-state index contributed by atoms with van der Waals surface area (Å²) in [5.74, 6) is -1.20. The molecule has 110 valence electrons. The van der Waals surface area contributed by atoms with Gasteiger partial charge in [-0.1, -0.05) is 28.1 Å². The van der Waals surface area contributed by atoms with Gasteiger partial charge in [-0.2, -0.15) is 0 Å². The number of aliphatic carboxylic acids is 1. The molecule has 0 radical (unpaired) electrons. The Bertz CT molecular complexity index is 693. The number of halogens is 1. The van der Waals surface area contributed by atoms with Gasteiger partial charge in [-0.05, 0) is 12.1 Å². The molecule has 2 N–H and O–H groups in total. The Labute approximate surface area is 134 Å². The molecule has 0 aliphatic heterocycles. The fraction of sp³-hybridized carbons (Fsp3) is 0.214. The summed E-state index contributed by atoms with van der Waals surface area (Å²) in [6, 6.07) is 6.74. The Morgan fingerprint density at radius 1 is 1.38 bits per heavy atom. The van der Waals surface area contributed by atoms with Crippen LogP contribution in [-0.4, -0.2) is 33.8 Å². The fourth-order valence-corrected chi connectivity index (χ4v) is 3.36. The molecule has 0 fully saturated rings. The highest BCUT2D eigenvalue weighted by Gasteiger charge is 2.19. The average molecular weight is 369 g/mol. The summed E-state index contributed by atoms with van der Waals surface area (Å²) < 4.78 is 0.959. The van der Waals surface area contributed by atoms with Crippen LogP contribution in [0.4, 0.5) is 0 Å². The summed E-state index contributed by atoms with van der Waals surface area (Å²) in [4.78, 5) is 26.4. The molecular formula is C14H13BrN2O3S. The number of rotatable bonds is 5. The number of pyridine rings is 1. The molecule has 5 nitrogen and oxygen atoms in total. The first kappa shape index (κ1) is 15.8. The van der Waals surface area contributed by atoms with Crippen molar-refractivity contribution in [3.05, 3.63) is 34.9 Å². The number of nitrogens with one attached hydrogen (secondary N) is 1. The average Bonchev–Trinajstić information content (AvgIpc) is 2.43. The quantitative estimate of drug-likeness (QED) is 0.793. The summed E-state index contributed by atoms with van der Waals surface area (Å²) in [5.41, 5.74) is 0. The van der Waals surface area contributed by atoms with Crippen molar-refractivity contribution in [3.63, 3.8) is 0 Å². The monoisotopic (exact) mass is 368 g/mol. The number of carbonyl (C=O) groups excluding carboxylic acids is 1. The van der Waals surface area contributed by atoms with Gasteiger partial charge in [0.05, 0.1) is 0 Å². The van der Waals surface area contributed by atoms with E-state index >= 15 is 0 Å².